The van der Waals surface area contributed by atoms with Gasteiger partial charge in [0.25, 0.3) is 0 Å². The number of amides is 2. The average molecular weight is 551 g/mol. The lowest BCUT2D eigenvalue weighted by atomic mass is 9.70. The molecule has 35 heavy (non-hydrogen) atoms. The topological polar surface area (TPSA) is 105 Å². The van der Waals surface area contributed by atoms with Crippen molar-refractivity contribution in [2.75, 3.05) is 25.1 Å². The lowest BCUT2D eigenvalue weighted by Crippen LogP contribution is -2.54. The molecule has 0 aromatic heterocycles. The molecule has 4 rings (SSSR count). The van der Waals surface area contributed by atoms with E-state index in [4.69, 9.17) is 14.6 Å². The number of ether oxygens (including phenoxy) is 2. The first-order valence-electron chi connectivity index (χ1n) is 12.5. The lowest BCUT2D eigenvalue weighted by molar-refractivity contribution is -0.154. The summed E-state index contributed by atoms with van der Waals surface area (Å²) >= 11 is 3.65. The van der Waals surface area contributed by atoms with Gasteiger partial charge in [0.15, 0.2) is 0 Å². The number of unbranched alkanes of at least 4 members (excludes halogenated alkanes) is 3. The zero-order valence-electron chi connectivity index (χ0n) is 20.6. The smallest absolute Gasteiger partial charge is 0.312 e. The number of esters is 1. The van der Waals surface area contributed by atoms with Crippen molar-refractivity contribution >= 4 is 39.4 Å². The molecule has 1 spiro atoms. The molecule has 8 nitrogen and oxygen atoms in total. The second-order valence-electron chi connectivity index (χ2n) is 9.89. The highest BCUT2D eigenvalue weighted by Gasteiger charge is 2.76. The summed E-state index contributed by atoms with van der Waals surface area (Å²) < 4.78 is 11.8. The van der Waals surface area contributed by atoms with E-state index in [-0.39, 0.29) is 29.9 Å². The van der Waals surface area contributed by atoms with Crippen LogP contribution >= 0.6 is 15.9 Å². The summed E-state index contributed by atoms with van der Waals surface area (Å²) in [5.74, 6) is -2.44. The Morgan fingerprint density at radius 1 is 1.26 bits per heavy atom. The predicted octanol–water partition coefficient (Wildman–Crippen LogP) is 3.11. The number of hydrogen-bond acceptors (Lipinski definition) is 6. The maximum absolute atomic E-state index is 13.9. The molecule has 9 heteroatoms. The zero-order chi connectivity index (χ0) is 25.3. The van der Waals surface area contributed by atoms with Gasteiger partial charge < -0.3 is 24.8 Å². The van der Waals surface area contributed by atoms with Crippen molar-refractivity contribution in [3.8, 4) is 0 Å². The Balaban J connectivity index is 1.66. The van der Waals surface area contributed by atoms with Crippen molar-refractivity contribution in [2.24, 2.45) is 11.8 Å². The Morgan fingerprint density at radius 2 is 2.00 bits per heavy atom. The normalized spacial score (nSPS) is 31.1. The molecule has 3 saturated heterocycles. The number of hydrogen-bond donors (Lipinski definition) is 2. The van der Waals surface area contributed by atoms with Crippen LogP contribution in [-0.2, 0) is 23.9 Å². The maximum Gasteiger partial charge on any atom is 0.312 e. The van der Waals surface area contributed by atoms with Crippen molar-refractivity contribution in [1.82, 2.24) is 4.90 Å². The Bertz CT molecular complexity index is 987. The average Bonchev–Trinajstić information content (AvgIpc) is 3.40. The Kier molecular flexibility index (Phi) is 7.88. The number of anilines is 1. The summed E-state index contributed by atoms with van der Waals surface area (Å²) in [6.07, 6.45) is 3.05. The first-order valence-corrected chi connectivity index (χ1v) is 13.4. The van der Waals surface area contributed by atoms with E-state index in [9.17, 15) is 14.4 Å². The van der Waals surface area contributed by atoms with E-state index in [0.29, 0.717) is 31.5 Å². The number of nitrogens with zero attached hydrogens (tertiary/aromatic N) is 1. The fourth-order valence-electron chi connectivity index (χ4n) is 6.00. The molecule has 1 aromatic rings. The third-order valence-corrected chi connectivity index (χ3v) is 8.40. The number of alkyl halides is 1. The summed E-state index contributed by atoms with van der Waals surface area (Å²) in [6.45, 7) is 6.37. The maximum atomic E-state index is 13.9. The molecule has 3 aliphatic rings. The summed E-state index contributed by atoms with van der Waals surface area (Å²) in [5.41, 5.74) is 1.57. The predicted molar refractivity (Wildman–Crippen MR) is 134 cm³/mol. The Morgan fingerprint density at radius 3 is 2.71 bits per heavy atom. The molecule has 0 saturated carbocycles. The molecule has 0 aliphatic carbocycles. The summed E-state index contributed by atoms with van der Waals surface area (Å²) in [5, 5.41) is 12.1. The Hall–Kier alpha value is -1.97. The minimum Gasteiger partial charge on any atom is -0.466 e. The number of carbonyl (C=O) groups is 3. The molecule has 6 atom stereocenters. The minimum atomic E-state index is -1.08. The van der Waals surface area contributed by atoms with E-state index >= 15 is 0 Å². The molecule has 1 unspecified atom stereocenters. The lowest BCUT2D eigenvalue weighted by Gasteiger charge is -2.34. The van der Waals surface area contributed by atoms with Crippen molar-refractivity contribution in [3.05, 3.63) is 29.3 Å². The van der Waals surface area contributed by atoms with Gasteiger partial charge in [-0.15, -0.1) is 0 Å². The van der Waals surface area contributed by atoms with Gasteiger partial charge >= 0.3 is 5.97 Å². The number of likely N-dealkylation sites (tertiary alicyclic amines) is 1. The van der Waals surface area contributed by atoms with Crippen LogP contribution in [0.5, 0.6) is 0 Å². The number of fused-ring (bicyclic) bond motifs is 1. The van der Waals surface area contributed by atoms with Gasteiger partial charge in [0, 0.05) is 23.7 Å². The fraction of sp³-hybridized carbons (Fsp3) is 0.654. The highest BCUT2D eigenvalue weighted by molar-refractivity contribution is 9.09. The van der Waals surface area contributed by atoms with Crippen LogP contribution in [0.25, 0.3) is 0 Å². The molecule has 192 valence electrons. The first-order chi connectivity index (χ1) is 16.7. The van der Waals surface area contributed by atoms with Crippen LogP contribution in [0.2, 0.25) is 0 Å². The number of nitrogens with one attached hydrogen (secondary N) is 1. The largest absolute Gasteiger partial charge is 0.466 e. The number of aryl methyl sites for hydroxylation is 2. The van der Waals surface area contributed by atoms with Crippen LogP contribution in [0.3, 0.4) is 0 Å². The number of halogens is 1. The monoisotopic (exact) mass is 550 g/mol. The summed E-state index contributed by atoms with van der Waals surface area (Å²) in [4.78, 5) is 42.1. The number of aliphatic hydroxyl groups excluding tert-OH is 1. The van der Waals surface area contributed by atoms with Crippen molar-refractivity contribution in [2.45, 2.75) is 75.4 Å². The van der Waals surface area contributed by atoms with Crippen LogP contribution < -0.4 is 5.32 Å². The summed E-state index contributed by atoms with van der Waals surface area (Å²) in [7, 11) is 0. The highest BCUT2D eigenvalue weighted by Crippen LogP contribution is 2.60. The molecule has 3 heterocycles. The van der Waals surface area contributed by atoms with Gasteiger partial charge in [-0.1, -0.05) is 40.9 Å². The number of rotatable bonds is 10. The SMILES string of the molecule is CCOC(=O)[C@@H]1[C@H]2O[C@@]3(CC2Br)[C@H](C(=O)Nc2cc(C)ccc2C)N(CCCCCCO)C(=O)[C@@H]13. The molecule has 1 aromatic carbocycles. The first kappa shape index (κ1) is 26.1. The molecule has 0 radical (unpaired) electrons. The van der Waals surface area contributed by atoms with E-state index in [0.717, 1.165) is 24.0 Å². The van der Waals surface area contributed by atoms with E-state index in [1.165, 1.54) is 0 Å². The third-order valence-electron chi connectivity index (χ3n) is 7.55. The standard InChI is InChI=1S/C26H35BrN2O6/c1-4-34-25(33)19-20-24(32)29(11-7-5-6-8-12-30)22(26(20)14-17(27)21(19)35-26)23(31)28-18-13-15(2)9-10-16(18)3/h9-10,13,17,19-22,30H,4-8,11-12,14H2,1-3H3,(H,28,31)/t17?,19-,20+,21-,22-,26+/m0/s1. The van der Waals surface area contributed by atoms with Crippen molar-refractivity contribution in [3.63, 3.8) is 0 Å². The van der Waals surface area contributed by atoms with Gasteiger partial charge in [-0.3, -0.25) is 14.4 Å². The van der Waals surface area contributed by atoms with Crippen LogP contribution in [0.15, 0.2) is 18.2 Å². The zero-order valence-corrected chi connectivity index (χ0v) is 22.2. The van der Waals surface area contributed by atoms with Gasteiger partial charge in [0.2, 0.25) is 11.8 Å². The van der Waals surface area contributed by atoms with Crippen molar-refractivity contribution < 1.29 is 29.0 Å². The van der Waals surface area contributed by atoms with Gasteiger partial charge in [0.05, 0.1) is 24.5 Å². The van der Waals surface area contributed by atoms with E-state index in [1.54, 1.807) is 11.8 Å². The number of carbonyl (C=O) groups excluding carboxylic acids is 3. The molecule has 2 amide bonds. The number of aliphatic hydroxyl groups is 1. The van der Waals surface area contributed by atoms with E-state index in [2.05, 4.69) is 21.2 Å². The third kappa shape index (κ3) is 4.62. The highest BCUT2D eigenvalue weighted by atomic mass is 79.9. The van der Waals surface area contributed by atoms with Crippen LogP contribution in [-0.4, -0.2) is 70.1 Å². The number of benzene rings is 1. The quantitative estimate of drug-likeness (QED) is 0.263. The molecule has 3 aliphatic heterocycles. The second kappa shape index (κ2) is 10.6. The van der Waals surface area contributed by atoms with E-state index in [1.807, 2.05) is 32.0 Å². The molecule has 2 bridgehead atoms. The second-order valence-corrected chi connectivity index (χ2v) is 11.1. The molecule has 3 fully saturated rings. The van der Waals surface area contributed by atoms with Crippen LogP contribution in [0.4, 0.5) is 5.69 Å². The molecular weight excluding hydrogens is 516 g/mol. The molecular formula is C26H35BrN2O6. The van der Waals surface area contributed by atoms with Crippen LogP contribution in [0, 0.1) is 25.7 Å². The van der Waals surface area contributed by atoms with Gasteiger partial charge in [0.1, 0.15) is 11.6 Å². The van der Waals surface area contributed by atoms with Crippen LogP contribution in [0.1, 0.15) is 50.2 Å². The fourth-order valence-corrected chi connectivity index (χ4v) is 6.94. The molecule has 2 N–H and O–H groups in total. The Labute approximate surface area is 214 Å². The van der Waals surface area contributed by atoms with E-state index < -0.39 is 35.6 Å². The van der Waals surface area contributed by atoms with Gasteiger partial charge in [-0.05, 0) is 57.2 Å². The van der Waals surface area contributed by atoms with Gasteiger partial charge in [-0.25, -0.2) is 0 Å². The minimum absolute atomic E-state index is 0.137. The summed E-state index contributed by atoms with van der Waals surface area (Å²) in [6, 6.07) is 5.01. The van der Waals surface area contributed by atoms with Crippen molar-refractivity contribution in [1.29, 1.82) is 0 Å². The van der Waals surface area contributed by atoms with Gasteiger partial charge in [-0.2, -0.15) is 0 Å².